The topological polar surface area (TPSA) is 93.6 Å². The fourth-order valence-corrected chi connectivity index (χ4v) is 6.26. The Labute approximate surface area is 275 Å². The van der Waals surface area contributed by atoms with Gasteiger partial charge in [0.1, 0.15) is 24.5 Å². The molecule has 46 heavy (non-hydrogen) atoms. The Kier molecular flexibility index (Phi) is 14.9. The van der Waals surface area contributed by atoms with Crippen molar-refractivity contribution in [2.75, 3.05) is 65.3 Å². The third-order valence-electron chi connectivity index (χ3n) is 9.67. The molecule has 2 aliphatic rings. The molecule has 10 heteroatoms. The third kappa shape index (κ3) is 11.3. The molecule has 0 aliphatic carbocycles. The van der Waals surface area contributed by atoms with Crippen LogP contribution in [0.15, 0.2) is 35.9 Å². The Hall–Kier alpha value is -3.08. The van der Waals surface area contributed by atoms with Crippen molar-refractivity contribution in [3.63, 3.8) is 0 Å². The van der Waals surface area contributed by atoms with Crippen LogP contribution in [0.5, 0.6) is 0 Å². The molecule has 1 N–H and O–H groups in total. The van der Waals surface area contributed by atoms with Crippen LogP contribution in [0.1, 0.15) is 58.4 Å². The van der Waals surface area contributed by atoms with Crippen LogP contribution in [0, 0.1) is 23.6 Å². The zero-order valence-electron chi connectivity index (χ0n) is 28.6. The molecule has 0 spiro atoms. The highest BCUT2D eigenvalue weighted by molar-refractivity contribution is 5.69. The summed E-state index contributed by atoms with van der Waals surface area (Å²) in [6.07, 6.45) is 8.62. The van der Waals surface area contributed by atoms with Crippen molar-refractivity contribution in [2.45, 2.75) is 71.1 Å². The fourth-order valence-electron chi connectivity index (χ4n) is 6.26. The fraction of sp³-hybridized carbons (Fsp3) is 0.639. The molecule has 5 atom stereocenters. The minimum absolute atomic E-state index is 0.0687. The van der Waals surface area contributed by atoms with E-state index in [9.17, 15) is 23.9 Å². The number of likely N-dealkylation sites (tertiary alicyclic amines) is 1. The highest BCUT2D eigenvalue weighted by Crippen LogP contribution is 2.28. The van der Waals surface area contributed by atoms with E-state index in [1.807, 2.05) is 59.2 Å². The minimum atomic E-state index is -0.739. The third-order valence-corrected chi connectivity index (χ3v) is 9.67. The Morgan fingerprint density at radius 3 is 2.30 bits per heavy atom. The largest absolute Gasteiger partial charge is 0.442 e. The van der Waals surface area contributed by atoms with Crippen LogP contribution in [0.25, 0.3) is 6.08 Å². The number of piperidine rings is 1. The van der Waals surface area contributed by atoms with Crippen molar-refractivity contribution in [3.8, 4) is 0 Å². The average Bonchev–Trinajstić information content (AvgIpc) is 3.02. The zero-order valence-corrected chi connectivity index (χ0v) is 28.6. The van der Waals surface area contributed by atoms with Gasteiger partial charge in [0.05, 0.1) is 6.10 Å². The summed E-state index contributed by atoms with van der Waals surface area (Å²) in [6, 6.07) is 5.38. The van der Waals surface area contributed by atoms with E-state index >= 15 is 0 Å². The summed E-state index contributed by atoms with van der Waals surface area (Å²) in [6.45, 7) is 10.5. The number of hydrogen-bond acceptors (Lipinski definition) is 8. The molecule has 2 saturated heterocycles. The van der Waals surface area contributed by atoms with Gasteiger partial charge in [0, 0.05) is 57.3 Å². The van der Waals surface area contributed by atoms with E-state index in [0.717, 1.165) is 56.6 Å². The van der Waals surface area contributed by atoms with Crippen LogP contribution in [-0.4, -0.2) is 117 Å². The number of aldehydes is 2. The van der Waals surface area contributed by atoms with E-state index in [1.54, 1.807) is 11.0 Å². The van der Waals surface area contributed by atoms with Gasteiger partial charge in [-0.1, -0.05) is 31.6 Å². The van der Waals surface area contributed by atoms with E-state index in [1.165, 1.54) is 6.07 Å². The van der Waals surface area contributed by atoms with Gasteiger partial charge in [-0.25, -0.2) is 9.18 Å². The monoisotopic (exact) mass is 642 g/mol. The average molecular weight is 643 g/mol. The number of rotatable bonds is 15. The normalized spacial score (nSPS) is 20.6. The number of halogens is 1. The number of anilines is 1. The number of carbonyl (C=O) groups is 3. The molecule has 0 radical (unpaired) electrons. The van der Waals surface area contributed by atoms with Crippen LogP contribution >= 0.6 is 0 Å². The lowest BCUT2D eigenvalue weighted by Crippen LogP contribution is -2.48. The van der Waals surface area contributed by atoms with E-state index in [4.69, 9.17) is 4.74 Å². The van der Waals surface area contributed by atoms with Gasteiger partial charge in [-0.15, -0.1) is 0 Å². The number of carbonyl (C=O) groups excluding carboxylic acids is 3. The molecule has 0 aromatic heterocycles. The molecule has 1 aromatic carbocycles. The molecule has 1 aromatic rings. The van der Waals surface area contributed by atoms with E-state index in [0.29, 0.717) is 43.8 Å². The summed E-state index contributed by atoms with van der Waals surface area (Å²) in [5, 5.41) is 10.1. The van der Waals surface area contributed by atoms with Crippen molar-refractivity contribution in [1.82, 2.24) is 14.7 Å². The van der Waals surface area contributed by atoms with Gasteiger partial charge in [0.2, 0.25) is 0 Å². The number of piperazine rings is 1. The summed E-state index contributed by atoms with van der Waals surface area (Å²) in [5.41, 5.74) is 2.33. The van der Waals surface area contributed by atoms with Crippen molar-refractivity contribution < 1.29 is 28.6 Å². The molecule has 0 unspecified atom stereocenters. The standard InChI is InChI=1S/C36H55FN4O5/c1-26(8-10-35(27(2)7-9-33(44)13-20-42)46-36(45)41-18-16-39(5)17-19-41)34(25-43)28(3)21-29-22-30(37)24-32(23-29)40(6)31-11-14-38(4)15-12-31/h8,10,20-27,31,33-35,44H,7,9,11-19H2,1-6H3/b10-8+,28-21+/t26-,27-,33+,34-,35-/m0/s1. The highest BCUT2D eigenvalue weighted by Gasteiger charge is 2.27. The first kappa shape index (κ1) is 37.4. The Bertz CT molecular complexity index is 1190. The maximum Gasteiger partial charge on any atom is 0.410 e. The summed E-state index contributed by atoms with van der Waals surface area (Å²) in [5.74, 6) is -1.13. The summed E-state index contributed by atoms with van der Waals surface area (Å²) < 4.78 is 20.8. The SMILES string of the molecule is C/C(=C\c1cc(F)cc(N(C)C2CCN(C)CC2)c1)[C@@H](C=O)[C@@H](C)/C=C/[C@H](OC(=O)N1CCN(C)CC1)[C@@H](C)CC[C@@H](O)CC=O. The van der Waals surface area contributed by atoms with Gasteiger partial charge in [-0.2, -0.15) is 0 Å². The molecule has 0 bridgehead atoms. The van der Waals surface area contributed by atoms with Gasteiger partial charge in [-0.3, -0.25) is 0 Å². The summed E-state index contributed by atoms with van der Waals surface area (Å²) >= 11 is 0. The summed E-state index contributed by atoms with van der Waals surface area (Å²) in [4.78, 5) is 44.6. The second-order valence-corrected chi connectivity index (χ2v) is 13.4. The second-order valence-electron chi connectivity index (χ2n) is 13.4. The van der Waals surface area contributed by atoms with Crippen LogP contribution in [0.3, 0.4) is 0 Å². The predicted octanol–water partition coefficient (Wildman–Crippen LogP) is 4.89. The second kappa shape index (κ2) is 18.3. The van der Waals surface area contributed by atoms with E-state index < -0.39 is 18.1 Å². The lowest BCUT2D eigenvalue weighted by atomic mass is 9.86. The van der Waals surface area contributed by atoms with Gasteiger partial charge in [0.25, 0.3) is 0 Å². The van der Waals surface area contributed by atoms with Crippen LogP contribution in [0.4, 0.5) is 14.9 Å². The van der Waals surface area contributed by atoms with Crippen LogP contribution < -0.4 is 4.90 Å². The van der Waals surface area contributed by atoms with Gasteiger partial charge >= 0.3 is 6.09 Å². The first-order valence-electron chi connectivity index (χ1n) is 16.7. The Balaban J connectivity index is 1.75. The number of hydrogen-bond donors (Lipinski definition) is 1. The van der Waals surface area contributed by atoms with Crippen molar-refractivity contribution in [3.05, 3.63) is 47.3 Å². The molecule has 0 saturated carbocycles. The number of aliphatic hydroxyl groups excluding tert-OH is 1. The quantitative estimate of drug-likeness (QED) is 0.214. The molecule has 256 valence electrons. The molecular formula is C36H55FN4O5. The number of nitrogens with zero attached hydrogens (tertiary/aromatic N) is 4. The maximum absolute atomic E-state index is 14.8. The molecule has 2 fully saturated rings. The van der Waals surface area contributed by atoms with E-state index in [2.05, 4.69) is 21.7 Å². The predicted molar refractivity (Wildman–Crippen MR) is 181 cm³/mol. The molecule has 9 nitrogen and oxygen atoms in total. The van der Waals surface area contributed by atoms with Crippen molar-refractivity contribution >= 4 is 30.4 Å². The van der Waals surface area contributed by atoms with Crippen molar-refractivity contribution in [1.29, 1.82) is 0 Å². The number of likely N-dealkylation sites (N-methyl/N-ethyl adjacent to an activating group) is 1. The van der Waals surface area contributed by atoms with Gasteiger partial charge in [-0.05, 0) is 101 Å². The molecule has 2 heterocycles. The van der Waals surface area contributed by atoms with Gasteiger partial charge in [0.15, 0.2) is 0 Å². The number of allylic oxidation sites excluding steroid dienone is 2. The first-order valence-corrected chi connectivity index (χ1v) is 16.7. The minimum Gasteiger partial charge on any atom is -0.442 e. The molecular weight excluding hydrogens is 587 g/mol. The van der Waals surface area contributed by atoms with Crippen LogP contribution in [0.2, 0.25) is 0 Å². The zero-order chi connectivity index (χ0) is 33.8. The van der Waals surface area contributed by atoms with Crippen molar-refractivity contribution in [2.24, 2.45) is 17.8 Å². The van der Waals surface area contributed by atoms with Crippen LogP contribution in [-0.2, 0) is 14.3 Å². The highest BCUT2D eigenvalue weighted by atomic mass is 19.1. The first-order chi connectivity index (χ1) is 21.9. The number of amides is 1. The lowest BCUT2D eigenvalue weighted by molar-refractivity contribution is -0.111. The Morgan fingerprint density at radius 1 is 1.02 bits per heavy atom. The molecule has 3 rings (SSSR count). The number of aliphatic hydroxyl groups is 1. The van der Waals surface area contributed by atoms with Gasteiger partial charge < -0.3 is 39.0 Å². The smallest absolute Gasteiger partial charge is 0.410 e. The molecule has 2 aliphatic heterocycles. The Morgan fingerprint density at radius 2 is 1.67 bits per heavy atom. The maximum atomic E-state index is 14.8. The number of benzene rings is 1. The van der Waals surface area contributed by atoms with E-state index in [-0.39, 0.29) is 30.2 Å². The lowest BCUT2D eigenvalue weighted by Gasteiger charge is -2.36. The summed E-state index contributed by atoms with van der Waals surface area (Å²) in [7, 11) is 6.16. The number of ether oxygens (including phenoxy) is 1. The molecule has 1 amide bonds.